The molecule has 1 nitrogen and oxygen atoms in total. The van der Waals surface area contributed by atoms with Gasteiger partial charge < -0.3 is 4.52 Å². The van der Waals surface area contributed by atoms with Gasteiger partial charge in [-0.15, -0.1) is 0 Å². The predicted molar refractivity (Wildman–Crippen MR) is 59.3 cm³/mol. The Kier molecular flexibility index (Phi) is 6.24. The number of rotatable bonds is 7. The fourth-order valence-corrected chi connectivity index (χ4v) is 1.73. The molecule has 0 aromatic carbocycles. The molecule has 0 fully saturated rings. The second-order valence-electron chi connectivity index (χ2n) is 4.62. The highest BCUT2D eigenvalue weighted by atomic mass is 31.0. The van der Waals surface area contributed by atoms with Crippen molar-refractivity contribution in [2.45, 2.75) is 57.0 Å². The summed E-state index contributed by atoms with van der Waals surface area (Å²) in [5.74, 6) is -14.7. The lowest BCUT2D eigenvalue weighted by atomic mass is 9.89. The van der Waals surface area contributed by atoms with Crippen LogP contribution in [-0.4, -0.2) is 23.9 Å². The van der Waals surface area contributed by atoms with Gasteiger partial charge in [-0.1, -0.05) is 13.3 Å². The van der Waals surface area contributed by atoms with Gasteiger partial charge in [0, 0.05) is 29.2 Å². The lowest BCUT2D eigenvalue weighted by Crippen LogP contribution is -2.45. The topological polar surface area (TPSA) is 9.23 Å². The predicted octanol–water partition coefficient (Wildman–Crippen LogP) is 5.12. The summed E-state index contributed by atoms with van der Waals surface area (Å²) in [5, 5.41) is 0. The zero-order valence-electron chi connectivity index (χ0n) is 10.7. The van der Waals surface area contributed by atoms with E-state index >= 15 is 0 Å². The Morgan fingerprint density at radius 2 is 1.40 bits per heavy atom. The van der Waals surface area contributed by atoms with Crippen molar-refractivity contribution in [3.05, 3.63) is 0 Å². The fraction of sp³-hybridized carbons (Fsp3) is 1.00. The molecule has 0 aliphatic carbocycles. The quantitative estimate of drug-likeness (QED) is 0.464. The summed E-state index contributed by atoms with van der Waals surface area (Å²) in [6.07, 6.45) is -8.83. The molecule has 0 saturated heterocycles. The minimum atomic E-state index is -5.45. The first-order chi connectivity index (χ1) is 8.70. The highest BCUT2D eigenvalue weighted by Crippen LogP contribution is 2.46. The van der Waals surface area contributed by atoms with Gasteiger partial charge in [-0.25, -0.2) is 13.2 Å². The molecule has 0 aliphatic rings. The minimum absolute atomic E-state index is 0.0433. The molecule has 0 aromatic heterocycles. The number of hydrogen-bond acceptors (Lipinski definition) is 1. The van der Waals surface area contributed by atoms with Crippen molar-refractivity contribution >= 4 is 9.47 Å². The van der Waals surface area contributed by atoms with E-state index in [0.29, 0.717) is 0 Å². The molecule has 122 valence electrons. The van der Waals surface area contributed by atoms with E-state index in [1.807, 2.05) is 0 Å². The Balaban J connectivity index is 5.05. The highest BCUT2D eigenvalue weighted by Gasteiger charge is 2.59. The maximum Gasteiger partial charge on any atom is 0.448 e. The van der Waals surface area contributed by atoms with E-state index in [1.165, 1.54) is 6.92 Å². The maximum atomic E-state index is 13.5. The molecule has 20 heavy (non-hydrogen) atoms. The summed E-state index contributed by atoms with van der Waals surface area (Å²) in [5.41, 5.74) is 0. The van der Waals surface area contributed by atoms with Gasteiger partial charge in [-0.2, -0.15) is 22.0 Å². The van der Waals surface area contributed by atoms with E-state index in [9.17, 15) is 35.1 Å². The Bertz CT molecular complexity index is 313. The van der Waals surface area contributed by atoms with Crippen LogP contribution in [0, 0.1) is 5.92 Å². The summed E-state index contributed by atoms with van der Waals surface area (Å²) >= 11 is 0. The van der Waals surface area contributed by atoms with Crippen molar-refractivity contribution in [1.29, 1.82) is 0 Å². The molecule has 3 atom stereocenters. The third-order valence-electron chi connectivity index (χ3n) is 2.93. The Morgan fingerprint density at radius 1 is 0.950 bits per heavy atom. The monoisotopic (exact) mass is 334 g/mol. The number of halogens is 8. The van der Waals surface area contributed by atoms with Crippen LogP contribution in [0.3, 0.4) is 0 Å². The largest absolute Gasteiger partial charge is 0.448 e. The van der Waals surface area contributed by atoms with Crippen LogP contribution < -0.4 is 0 Å². The zero-order chi connectivity index (χ0) is 16.4. The Hall–Kier alpha value is -0.170. The van der Waals surface area contributed by atoms with Gasteiger partial charge in [-0.3, -0.25) is 0 Å². The first-order valence-electron chi connectivity index (χ1n) is 5.59. The fourth-order valence-electron chi connectivity index (χ4n) is 1.50. The summed E-state index contributed by atoms with van der Waals surface area (Å²) < 4.78 is 106. The van der Waals surface area contributed by atoms with Crippen molar-refractivity contribution in [2.24, 2.45) is 5.92 Å². The van der Waals surface area contributed by atoms with E-state index in [1.54, 1.807) is 0 Å². The van der Waals surface area contributed by atoms with Crippen molar-refractivity contribution in [2.75, 3.05) is 0 Å². The molecule has 0 spiro atoms. The molecule has 0 rings (SSSR count). The van der Waals surface area contributed by atoms with Gasteiger partial charge in [-0.05, 0) is 5.92 Å². The highest BCUT2D eigenvalue weighted by molar-refractivity contribution is 7.09. The van der Waals surface area contributed by atoms with Crippen LogP contribution in [-0.2, 0) is 4.52 Å². The number of hydrogen-bond donors (Lipinski definition) is 0. The third-order valence-corrected chi connectivity index (χ3v) is 3.30. The average Bonchev–Trinajstić information content (AvgIpc) is 2.24. The standard InChI is InChI=1S/C10H15F8OP/c1-3-6(4-8(13,14)7(2,11)12)5-9(15,19-20)10(16,17)18/h6H,3-5,20H2,1-2H3. The molecular weight excluding hydrogens is 319 g/mol. The van der Waals surface area contributed by atoms with E-state index < -0.39 is 42.6 Å². The number of alkyl halides is 8. The zero-order valence-corrected chi connectivity index (χ0v) is 11.9. The second kappa shape index (κ2) is 6.30. The van der Waals surface area contributed by atoms with Crippen LogP contribution in [0.25, 0.3) is 0 Å². The Morgan fingerprint density at radius 3 is 1.65 bits per heavy atom. The van der Waals surface area contributed by atoms with Crippen LogP contribution in [0.2, 0.25) is 0 Å². The summed E-state index contributed by atoms with van der Waals surface area (Å²) in [4.78, 5) is 0. The Labute approximate surface area is 113 Å². The van der Waals surface area contributed by atoms with Crippen molar-refractivity contribution in [1.82, 2.24) is 0 Å². The summed E-state index contributed by atoms with van der Waals surface area (Å²) in [6.45, 7) is 1.16. The normalized spacial score (nSPS) is 18.8. The molecule has 10 heteroatoms. The third kappa shape index (κ3) is 4.69. The van der Waals surface area contributed by atoms with Gasteiger partial charge in [0.1, 0.15) is 0 Å². The molecule has 0 amide bonds. The molecule has 0 saturated carbocycles. The smallest absolute Gasteiger partial charge is 0.322 e. The lowest BCUT2D eigenvalue weighted by Gasteiger charge is -2.32. The van der Waals surface area contributed by atoms with Gasteiger partial charge in [0.15, 0.2) is 0 Å². The summed E-state index contributed by atoms with van der Waals surface area (Å²) in [7, 11) is 1.07. The van der Waals surface area contributed by atoms with Crippen LogP contribution in [0.1, 0.15) is 33.1 Å². The molecule has 0 aromatic rings. The molecule has 0 N–H and O–H groups in total. The SMILES string of the molecule is CCC(CC(F)(F)C(C)(F)F)CC(F)(OP)C(F)(F)F. The minimum Gasteiger partial charge on any atom is -0.322 e. The van der Waals surface area contributed by atoms with Crippen LogP contribution in [0.5, 0.6) is 0 Å². The second-order valence-corrected chi connectivity index (χ2v) is 4.86. The van der Waals surface area contributed by atoms with Crippen molar-refractivity contribution < 1.29 is 39.6 Å². The van der Waals surface area contributed by atoms with E-state index in [2.05, 4.69) is 4.52 Å². The van der Waals surface area contributed by atoms with Crippen LogP contribution in [0.4, 0.5) is 35.1 Å². The molecule has 3 unspecified atom stereocenters. The average molecular weight is 334 g/mol. The van der Waals surface area contributed by atoms with Gasteiger partial charge in [0.25, 0.3) is 0 Å². The molecule has 0 bridgehead atoms. The molecule has 0 aliphatic heterocycles. The summed E-state index contributed by atoms with van der Waals surface area (Å²) in [6, 6.07) is 0. The maximum absolute atomic E-state index is 13.5. The first kappa shape index (κ1) is 19.8. The van der Waals surface area contributed by atoms with E-state index in [0.717, 1.165) is 9.47 Å². The molecule has 0 radical (unpaired) electrons. The van der Waals surface area contributed by atoms with Crippen LogP contribution >= 0.6 is 9.47 Å². The van der Waals surface area contributed by atoms with Crippen LogP contribution in [0.15, 0.2) is 0 Å². The first-order valence-corrected chi connectivity index (χ1v) is 6.06. The molecular formula is C10H15F8OP. The van der Waals surface area contributed by atoms with Gasteiger partial charge in [0.2, 0.25) is 0 Å². The lowest BCUT2D eigenvalue weighted by molar-refractivity contribution is -0.307. The van der Waals surface area contributed by atoms with E-state index in [4.69, 9.17) is 0 Å². The van der Waals surface area contributed by atoms with E-state index in [-0.39, 0.29) is 13.3 Å². The van der Waals surface area contributed by atoms with Crippen molar-refractivity contribution in [3.8, 4) is 0 Å². The van der Waals surface area contributed by atoms with Gasteiger partial charge in [0.05, 0.1) is 0 Å². The van der Waals surface area contributed by atoms with Gasteiger partial charge >= 0.3 is 23.9 Å². The van der Waals surface area contributed by atoms with Crippen molar-refractivity contribution in [3.63, 3.8) is 0 Å². The molecule has 0 heterocycles.